The van der Waals surface area contributed by atoms with Gasteiger partial charge in [-0.3, -0.25) is 0 Å². The monoisotopic (exact) mass is 391 g/mol. The van der Waals surface area contributed by atoms with Gasteiger partial charge >= 0.3 is 161 Å². The Hall–Kier alpha value is -1.50. The molecule has 119 valence electrons. The molecule has 0 saturated carbocycles. The Kier molecular flexibility index (Phi) is 6.18. The molecule has 3 aromatic rings. The van der Waals surface area contributed by atoms with Gasteiger partial charge in [-0.25, -0.2) is 0 Å². The molecule has 0 aliphatic heterocycles. The van der Waals surface area contributed by atoms with Crippen molar-refractivity contribution in [1.29, 1.82) is 0 Å². The molecule has 0 aliphatic carbocycles. The van der Waals surface area contributed by atoms with Gasteiger partial charge in [-0.05, 0) is 0 Å². The van der Waals surface area contributed by atoms with E-state index in [2.05, 4.69) is 91.0 Å². The summed E-state index contributed by atoms with van der Waals surface area (Å²) in [5.74, 6) is 0. The van der Waals surface area contributed by atoms with Crippen LogP contribution in [0.25, 0.3) is 0 Å². The van der Waals surface area contributed by atoms with E-state index in [-0.39, 0.29) is 5.60 Å². The van der Waals surface area contributed by atoms with E-state index in [1.807, 2.05) is 0 Å². The van der Waals surface area contributed by atoms with Gasteiger partial charge in [0.05, 0.1) is 0 Å². The Morgan fingerprint density at radius 3 is 1.08 bits per heavy atom. The van der Waals surface area contributed by atoms with Crippen LogP contribution in [0, 0.1) is 0 Å². The van der Waals surface area contributed by atoms with Crippen LogP contribution < -0.4 is 0 Å². The molecule has 0 radical (unpaired) electrons. The van der Waals surface area contributed by atoms with Crippen molar-refractivity contribution in [1.82, 2.24) is 0 Å². The number of benzene rings is 3. The minimum absolute atomic E-state index is 0.206. The molecule has 0 aliphatic rings. The molecule has 0 spiro atoms. The van der Waals surface area contributed by atoms with Gasteiger partial charge in [-0.2, -0.15) is 0 Å². The van der Waals surface area contributed by atoms with Crippen molar-refractivity contribution in [2.75, 3.05) is 0 Å². The van der Waals surface area contributed by atoms with E-state index in [0.717, 1.165) is 44.4 Å². The van der Waals surface area contributed by atoms with Crippen LogP contribution in [0.3, 0.4) is 0 Å². The van der Waals surface area contributed by atoms with Gasteiger partial charge in [0.15, 0.2) is 0 Å². The molecular formula is C22H21OZr. The standard InChI is InChI=1S/C22H21O.Zr/c23-22(16-19-10-4-1-5-11-19,17-20-12-6-2-7-13-20)18-21-14-8-3-9-15-21;/h1-15H,16-18H2;/q-1;+1. The molecule has 3 rings (SSSR count). The van der Waals surface area contributed by atoms with Crippen LogP contribution in [0.1, 0.15) is 16.7 Å². The first-order chi connectivity index (χ1) is 11.8. The maximum atomic E-state index is 6.24. The van der Waals surface area contributed by atoms with E-state index in [0.29, 0.717) is 0 Å². The summed E-state index contributed by atoms with van der Waals surface area (Å²) in [6.45, 7) is 0. The molecular weight excluding hydrogens is 371 g/mol. The van der Waals surface area contributed by atoms with E-state index < -0.39 is 0 Å². The quantitative estimate of drug-likeness (QED) is 0.554. The fraction of sp³-hybridized carbons (Fsp3) is 0.182. The maximum absolute atomic E-state index is 6.24. The Morgan fingerprint density at radius 1 is 0.542 bits per heavy atom. The third-order valence-electron chi connectivity index (χ3n) is 4.32. The number of hydrogen-bond donors (Lipinski definition) is 0. The molecule has 3 aromatic carbocycles. The fourth-order valence-corrected chi connectivity index (χ4v) is 3.73. The molecule has 0 amide bonds. The van der Waals surface area contributed by atoms with Crippen molar-refractivity contribution >= 4 is 0 Å². The third kappa shape index (κ3) is 4.75. The van der Waals surface area contributed by atoms with Gasteiger partial charge in [-0.15, -0.1) is 0 Å². The molecule has 0 saturated heterocycles. The molecule has 0 fully saturated rings. The van der Waals surface area contributed by atoms with Crippen LogP contribution in [0.2, 0.25) is 0 Å². The van der Waals surface area contributed by atoms with Crippen LogP contribution in [0.4, 0.5) is 0 Å². The summed E-state index contributed by atoms with van der Waals surface area (Å²) >= 11 is 1.12. The summed E-state index contributed by atoms with van der Waals surface area (Å²) in [7, 11) is 0. The predicted octanol–water partition coefficient (Wildman–Crippen LogP) is 4.93. The topological polar surface area (TPSA) is 9.23 Å². The molecule has 1 nitrogen and oxygen atoms in total. The second kappa shape index (κ2) is 8.56. The Balaban J connectivity index is 1.91. The number of rotatable bonds is 7. The minimum atomic E-state index is -0.206. The SMILES string of the molecule is [Zr][O]C(Cc1ccccc1)(Cc1ccccc1)Cc1ccccc1. The molecule has 0 N–H and O–H groups in total. The van der Waals surface area contributed by atoms with Crippen molar-refractivity contribution in [3.05, 3.63) is 108 Å². The first kappa shape index (κ1) is 17.3. The van der Waals surface area contributed by atoms with E-state index >= 15 is 0 Å². The molecule has 0 atom stereocenters. The summed E-state index contributed by atoms with van der Waals surface area (Å²) in [5, 5.41) is 0. The summed E-state index contributed by atoms with van der Waals surface area (Å²) in [6.07, 6.45) is 2.76. The van der Waals surface area contributed by atoms with Crippen LogP contribution in [-0.2, 0) is 47.2 Å². The van der Waals surface area contributed by atoms with Gasteiger partial charge in [0.2, 0.25) is 0 Å². The van der Waals surface area contributed by atoms with Crippen LogP contribution >= 0.6 is 0 Å². The van der Waals surface area contributed by atoms with Crippen LogP contribution in [0.15, 0.2) is 91.0 Å². The zero-order valence-corrected chi connectivity index (χ0v) is 16.1. The fourth-order valence-electron chi connectivity index (χ4n) is 3.20. The summed E-state index contributed by atoms with van der Waals surface area (Å²) in [5.41, 5.74) is 3.77. The summed E-state index contributed by atoms with van der Waals surface area (Å²) in [4.78, 5) is 0. The molecule has 24 heavy (non-hydrogen) atoms. The number of hydrogen-bond acceptors (Lipinski definition) is 1. The van der Waals surface area contributed by atoms with Gasteiger partial charge in [-0.1, -0.05) is 0 Å². The van der Waals surface area contributed by atoms with E-state index in [4.69, 9.17) is 2.81 Å². The zero-order chi connectivity index (χ0) is 16.7. The molecule has 0 heterocycles. The summed E-state index contributed by atoms with van der Waals surface area (Å²) < 4.78 is 6.24. The average molecular weight is 393 g/mol. The van der Waals surface area contributed by atoms with Crippen molar-refractivity contribution < 1.29 is 28.0 Å². The van der Waals surface area contributed by atoms with Crippen molar-refractivity contribution in [3.63, 3.8) is 0 Å². The normalized spacial score (nSPS) is 11.3. The third-order valence-corrected chi connectivity index (χ3v) is 5.39. The van der Waals surface area contributed by atoms with E-state index in [1.165, 1.54) is 16.7 Å². The van der Waals surface area contributed by atoms with Crippen molar-refractivity contribution in [2.24, 2.45) is 0 Å². The van der Waals surface area contributed by atoms with Gasteiger partial charge in [0, 0.05) is 0 Å². The van der Waals surface area contributed by atoms with E-state index in [9.17, 15) is 0 Å². The van der Waals surface area contributed by atoms with Crippen molar-refractivity contribution in [2.45, 2.75) is 24.9 Å². The zero-order valence-electron chi connectivity index (χ0n) is 13.7. The van der Waals surface area contributed by atoms with Crippen molar-refractivity contribution in [3.8, 4) is 0 Å². The Morgan fingerprint density at radius 2 is 0.833 bits per heavy atom. The first-order valence-corrected chi connectivity index (χ1v) is 9.27. The molecule has 0 aromatic heterocycles. The average Bonchev–Trinajstić information content (AvgIpc) is 2.64. The molecule has 0 unspecified atom stereocenters. The van der Waals surface area contributed by atoms with Crippen LogP contribution in [-0.4, -0.2) is 5.60 Å². The van der Waals surface area contributed by atoms with Crippen LogP contribution in [0.5, 0.6) is 0 Å². The Bertz CT molecular complexity index is 624. The molecule has 0 bridgehead atoms. The van der Waals surface area contributed by atoms with Gasteiger partial charge in [0.1, 0.15) is 0 Å². The van der Waals surface area contributed by atoms with E-state index in [1.54, 1.807) is 0 Å². The summed E-state index contributed by atoms with van der Waals surface area (Å²) in [6, 6.07) is 32.0. The van der Waals surface area contributed by atoms with Gasteiger partial charge in [0.25, 0.3) is 0 Å². The predicted molar refractivity (Wildman–Crippen MR) is 94.3 cm³/mol. The first-order valence-electron chi connectivity index (χ1n) is 8.26. The second-order valence-corrected chi connectivity index (χ2v) is 6.77. The molecule has 2 heteroatoms. The Labute approximate surface area is 160 Å². The second-order valence-electron chi connectivity index (χ2n) is 6.27. The van der Waals surface area contributed by atoms with Gasteiger partial charge < -0.3 is 0 Å².